The maximum Gasteiger partial charge on any atom is 0.0540 e. The normalized spacial score (nSPS) is 16.2. The molecule has 0 radical (unpaired) electrons. The number of rotatable bonds is 8. The number of benzene rings is 1. The first kappa shape index (κ1) is 15.4. The molecule has 1 rings (SSSR count). The maximum absolute atomic E-state index is 12.3. The molecule has 102 valence electrons. The van der Waals surface area contributed by atoms with E-state index >= 15 is 0 Å². The molecule has 0 bridgehead atoms. The van der Waals surface area contributed by atoms with Crippen LogP contribution >= 0.6 is 0 Å². The zero-order valence-electron chi connectivity index (χ0n) is 11.7. The fourth-order valence-corrected chi connectivity index (χ4v) is 3.90. The molecule has 3 unspecified atom stereocenters. The van der Waals surface area contributed by atoms with E-state index < -0.39 is 10.8 Å². The van der Waals surface area contributed by atoms with Gasteiger partial charge in [-0.15, -0.1) is 0 Å². The van der Waals surface area contributed by atoms with Crippen molar-refractivity contribution in [2.75, 3.05) is 12.3 Å². The summed E-state index contributed by atoms with van der Waals surface area (Å²) in [5, 5.41) is 3.70. The Bertz CT molecular complexity index is 353. The standard InChI is InChI=1S/C15H25NOS/c1-4-12-18(17)14(5-2)15(16-6-3)13-10-8-7-9-11-13/h7-11,14-16H,4-6,12H2,1-3H3. The lowest BCUT2D eigenvalue weighted by Gasteiger charge is -2.27. The predicted molar refractivity (Wildman–Crippen MR) is 80.2 cm³/mol. The van der Waals surface area contributed by atoms with Crippen LogP contribution in [0.25, 0.3) is 0 Å². The summed E-state index contributed by atoms with van der Waals surface area (Å²) in [6.45, 7) is 7.23. The molecule has 0 aromatic heterocycles. The predicted octanol–water partition coefficient (Wildman–Crippen LogP) is 3.27. The monoisotopic (exact) mass is 267 g/mol. The lowest BCUT2D eigenvalue weighted by atomic mass is 10.0. The Balaban J connectivity index is 2.91. The summed E-state index contributed by atoms with van der Waals surface area (Å²) in [6.07, 6.45) is 1.93. The van der Waals surface area contributed by atoms with Crippen molar-refractivity contribution in [2.45, 2.75) is 44.9 Å². The van der Waals surface area contributed by atoms with Gasteiger partial charge in [-0.05, 0) is 24.9 Å². The minimum Gasteiger partial charge on any atom is -0.309 e. The Morgan fingerprint density at radius 3 is 2.33 bits per heavy atom. The molecule has 0 saturated carbocycles. The Hall–Kier alpha value is -0.670. The molecule has 0 heterocycles. The van der Waals surface area contributed by atoms with E-state index in [1.807, 2.05) is 6.07 Å². The number of hydrogen-bond donors (Lipinski definition) is 1. The lowest BCUT2D eigenvalue weighted by Crippen LogP contribution is -2.35. The zero-order valence-corrected chi connectivity index (χ0v) is 12.5. The molecule has 3 atom stereocenters. The summed E-state index contributed by atoms with van der Waals surface area (Å²) in [5.41, 5.74) is 1.25. The van der Waals surface area contributed by atoms with E-state index in [2.05, 4.69) is 50.4 Å². The first-order valence-electron chi connectivity index (χ1n) is 6.90. The summed E-state index contributed by atoms with van der Waals surface area (Å²) in [5.74, 6) is 0.799. The van der Waals surface area contributed by atoms with Crippen molar-refractivity contribution in [3.05, 3.63) is 35.9 Å². The van der Waals surface area contributed by atoms with Crippen molar-refractivity contribution in [3.63, 3.8) is 0 Å². The second kappa shape index (κ2) is 8.44. The van der Waals surface area contributed by atoms with E-state index in [1.165, 1.54) is 5.56 Å². The second-order valence-electron chi connectivity index (χ2n) is 4.48. The van der Waals surface area contributed by atoms with Crippen LogP contribution in [0.5, 0.6) is 0 Å². The fourth-order valence-electron chi connectivity index (χ4n) is 2.27. The van der Waals surface area contributed by atoms with Crippen molar-refractivity contribution >= 4 is 10.8 Å². The van der Waals surface area contributed by atoms with Gasteiger partial charge in [-0.1, -0.05) is 51.1 Å². The highest BCUT2D eigenvalue weighted by Gasteiger charge is 2.25. The van der Waals surface area contributed by atoms with Gasteiger partial charge in [0, 0.05) is 22.6 Å². The molecule has 0 aliphatic carbocycles. The molecule has 18 heavy (non-hydrogen) atoms. The van der Waals surface area contributed by atoms with E-state index in [9.17, 15) is 4.21 Å². The van der Waals surface area contributed by atoms with Gasteiger partial charge >= 0.3 is 0 Å². The Kier molecular flexibility index (Phi) is 7.21. The largest absolute Gasteiger partial charge is 0.309 e. The quantitative estimate of drug-likeness (QED) is 0.783. The number of nitrogens with one attached hydrogen (secondary N) is 1. The lowest BCUT2D eigenvalue weighted by molar-refractivity contribution is 0.509. The first-order chi connectivity index (χ1) is 8.74. The molecule has 0 aliphatic rings. The summed E-state index contributed by atoms with van der Waals surface area (Å²) in [4.78, 5) is 0. The molecule has 0 spiro atoms. The zero-order chi connectivity index (χ0) is 13.4. The highest BCUT2D eigenvalue weighted by Crippen LogP contribution is 2.23. The molecule has 0 fully saturated rings. The molecule has 3 heteroatoms. The molecule has 1 aromatic carbocycles. The number of hydrogen-bond acceptors (Lipinski definition) is 2. The van der Waals surface area contributed by atoms with Gasteiger partial charge in [-0.25, -0.2) is 0 Å². The van der Waals surface area contributed by atoms with Gasteiger partial charge in [0.15, 0.2) is 0 Å². The van der Waals surface area contributed by atoms with Crippen LogP contribution in [0.3, 0.4) is 0 Å². The Morgan fingerprint density at radius 2 is 1.83 bits per heavy atom. The van der Waals surface area contributed by atoms with Crippen LogP contribution in [-0.2, 0) is 10.8 Å². The van der Waals surface area contributed by atoms with Gasteiger partial charge in [0.1, 0.15) is 0 Å². The van der Waals surface area contributed by atoms with Gasteiger partial charge in [0.2, 0.25) is 0 Å². The molecule has 2 nitrogen and oxygen atoms in total. The van der Waals surface area contributed by atoms with Crippen LogP contribution in [0.1, 0.15) is 45.2 Å². The summed E-state index contributed by atoms with van der Waals surface area (Å²) in [6, 6.07) is 10.6. The third-order valence-electron chi connectivity index (χ3n) is 3.10. The molecule has 1 aromatic rings. The highest BCUT2D eigenvalue weighted by atomic mass is 32.2. The van der Waals surface area contributed by atoms with Gasteiger partial charge in [-0.2, -0.15) is 0 Å². The van der Waals surface area contributed by atoms with Crippen LogP contribution in [-0.4, -0.2) is 21.8 Å². The van der Waals surface area contributed by atoms with Gasteiger partial charge in [-0.3, -0.25) is 4.21 Å². The maximum atomic E-state index is 12.3. The van der Waals surface area contributed by atoms with Crippen LogP contribution in [0, 0.1) is 0 Å². The topological polar surface area (TPSA) is 29.1 Å². The summed E-state index contributed by atoms with van der Waals surface area (Å²) in [7, 11) is -0.752. The minimum atomic E-state index is -0.752. The SMILES string of the molecule is CCCS(=O)C(CC)C(NCC)c1ccccc1. The van der Waals surface area contributed by atoms with E-state index in [-0.39, 0.29) is 11.3 Å². The summed E-state index contributed by atoms with van der Waals surface area (Å²) >= 11 is 0. The van der Waals surface area contributed by atoms with Gasteiger partial charge in [0.05, 0.1) is 5.25 Å². The third kappa shape index (κ3) is 4.21. The Morgan fingerprint density at radius 1 is 1.17 bits per heavy atom. The van der Waals surface area contributed by atoms with Crippen LogP contribution < -0.4 is 5.32 Å². The second-order valence-corrected chi connectivity index (χ2v) is 6.25. The molecular formula is C15H25NOS. The minimum absolute atomic E-state index is 0.201. The van der Waals surface area contributed by atoms with E-state index in [0.29, 0.717) is 0 Å². The molecular weight excluding hydrogens is 242 g/mol. The van der Waals surface area contributed by atoms with Crippen LogP contribution in [0.15, 0.2) is 30.3 Å². The molecule has 0 amide bonds. The molecule has 0 saturated heterocycles. The van der Waals surface area contributed by atoms with Crippen molar-refractivity contribution in [2.24, 2.45) is 0 Å². The van der Waals surface area contributed by atoms with E-state index in [0.717, 1.165) is 25.1 Å². The average Bonchev–Trinajstić information content (AvgIpc) is 2.40. The van der Waals surface area contributed by atoms with Crippen molar-refractivity contribution in [1.82, 2.24) is 5.32 Å². The molecule has 1 N–H and O–H groups in total. The van der Waals surface area contributed by atoms with Crippen molar-refractivity contribution < 1.29 is 4.21 Å². The van der Waals surface area contributed by atoms with E-state index in [1.54, 1.807) is 0 Å². The Labute approximate surface area is 114 Å². The van der Waals surface area contributed by atoms with Crippen molar-refractivity contribution in [3.8, 4) is 0 Å². The highest BCUT2D eigenvalue weighted by molar-refractivity contribution is 7.85. The van der Waals surface area contributed by atoms with Gasteiger partial charge in [0.25, 0.3) is 0 Å². The summed E-state index contributed by atoms with van der Waals surface area (Å²) < 4.78 is 12.3. The fraction of sp³-hybridized carbons (Fsp3) is 0.600. The van der Waals surface area contributed by atoms with Crippen LogP contribution in [0.2, 0.25) is 0 Å². The van der Waals surface area contributed by atoms with Crippen molar-refractivity contribution in [1.29, 1.82) is 0 Å². The van der Waals surface area contributed by atoms with Crippen LogP contribution in [0.4, 0.5) is 0 Å². The molecule has 0 aliphatic heterocycles. The smallest absolute Gasteiger partial charge is 0.0540 e. The van der Waals surface area contributed by atoms with Gasteiger partial charge < -0.3 is 5.32 Å². The first-order valence-corrected chi connectivity index (χ1v) is 8.28. The van der Waals surface area contributed by atoms with E-state index in [4.69, 9.17) is 0 Å². The average molecular weight is 267 g/mol. The third-order valence-corrected chi connectivity index (χ3v) is 5.19.